The van der Waals surface area contributed by atoms with E-state index in [0.29, 0.717) is 5.75 Å². The number of ether oxygens (including phenoxy) is 2. The maximum Gasteiger partial charge on any atom is 0.238 e. The number of hydrazine groups is 1. The molecule has 0 aliphatic rings. The van der Waals surface area contributed by atoms with Gasteiger partial charge in [-0.1, -0.05) is 0 Å². The van der Waals surface area contributed by atoms with Gasteiger partial charge in [-0.15, -0.1) is 11.8 Å². The van der Waals surface area contributed by atoms with Crippen LogP contribution in [-0.2, 0) is 11.2 Å². The van der Waals surface area contributed by atoms with Gasteiger partial charge in [0.1, 0.15) is 11.5 Å². The quantitative estimate of drug-likeness (QED) is 0.355. The second-order valence-corrected chi connectivity index (χ2v) is 4.11. The number of amides is 1. The molecule has 0 spiro atoms. The van der Waals surface area contributed by atoms with Crippen LogP contribution in [0.3, 0.4) is 0 Å². The smallest absolute Gasteiger partial charge is 0.238 e. The van der Waals surface area contributed by atoms with Crippen LogP contribution in [-0.4, -0.2) is 26.4 Å². The number of rotatable bonds is 5. The molecule has 0 heterocycles. The second-order valence-electron chi connectivity index (χ2n) is 3.26. The summed E-state index contributed by atoms with van der Waals surface area (Å²) in [6, 6.07) is 3.64. The Bertz CT molecular complexity index is 410. The van der Waals surface area contributed by atoms with Gasteiger partial charge in [0.2, 0.25) is 5.91 Å². The first-order valence-corrected chi connectivity index (χ1v) is 6.17. The molecule has 0 bridgehead atoms. The van der Waals surface area contributed by atoms with Gasteiger partial charge >= 0.3 is 0 Å². The normalized spacial score (nSPS) is 9.88. The van der Waals surface area contributed by atoms with Gasteiger partial charge in [-0.25, -0.2) is 5.84 Å². The molecule has 1 amide bonds. The molecule has 5 nitrogen and oxygen atoms in total. The van der Waals surface area contributed by atoms with E-state index in [4.69, 9.17) is 15.3 Å². The molecule has 6 heteroatoms. The van der Waals surface area contributed by atoms with E-state index < -0.39 is 0 Å². The average Bonchev–Trinajstić information content (AvgIpc) is 2.37. The van der Waals surface area contributed by atoms with E-state index in [-0.39, 0.29) is 12.3 Å². The van der Waals surface area contributed by atoms with E-state index in [0.717, 1.165) is 16.2 Å². The van der Waals surface area contributed by atoms with Crippen molar-refractivity contribution in [1.29, 1.82) is 0 Å². The molecule has 0 saturated heterocycles. The summed E-state index contributed by atoms with van der Waals surface area (Å²) in [5.41, 5.74) is 2.83. The topological polar surface area (TPSA) is 73.6 Å². The Kier molecular flexibility index (Phi) is 5.11. The summed E-state index contributed by atoms with van der Waals surface area (Å²) in [4.78, 5) is 12.2. The first-order valence-electron chi connectivity index (χ1n) is 4.94. The van der Waals surface area contributed by atoms with Gasteiger partial charge in [0.25, 0.3) is 0 Å². The maximum absolute atomic E-state index is 11.3. The number of carbonyl (C=O) groups is 1. The number of methoxy groups -OCH3 is 2. The van der Waals surface area contributed by atoms with Crippen LogP contribution < -0.4 is 20.7 Å². The van der Waals surface area contributed by atoms with Gasteiger partial charge < -0.3 is 9.47 Å². The Morgan fingerprint density at radius 3 is 2.47 bits per heavy atom. The van der Waals surface area contributed by atoms with Crippen LogP contribution in [0.25, 0.3) is 0 Å². The minimum absolute atomic E-state index is 0.157. The van der Waals surface area contributed by atoms with Crippen LogP contribution in [0.5, 0.6) is 11.5 Å². The molecule has 94 valence electrons. The van der Waals surface area contributed by atoms with Crippen LogP contribution in [0.4, 0.5) is 0 Å². The number of nitrogens with two attached hydrogens (primary N) is 1. The highest BCUT2D eigenvalue weighted by Crippen LogP contribution is 2.34. The van der Waals surface area contributed by atoms with Crippen molar-refractivity contribution in [2.75, 3.05) is 20.5 Å². The Morgan fingerprint density at radius 1 is 1.35 bits per heavy atom. The fraction of sp³-hybridized carbons (Fsp3) is 0.364. The fourth-order valence-electron chi connectivity index (χ4n) is 1.45. The molecule has 0 radical (unpaired) electrons. The Labute approximate surface area is 105 Å². The van der Waals surface area contributed by atoms with Gasteiger partial charge in [0.05, 0.1) is 25.5 Å². The summed E-state index contributed by atoms with van der Waals surface area (Å²) < 4.78 is 10.5. The third-order valence-electron chi connectivity index (χ3n) is 2.30. The molecular formula is C11H16N2O3S. The molecule has 0 saturated carbocycles. The molecule has 1 rings (SSSR count). The maximum atomic E-state index is 11.3. The monoisotopic (exact) mass is 256 g/mol. The van der Waals surface area contributed by atoms with Gasteiger partial charge in [-0.05, 0) is 18.4 Å². The summed E-state index contributed by atoms with van der Waals surface area (Å²) in [5, 5.41) is 0. The van der Waals surface area contributed by atoms with Crippen molar-refractivity contribution < 1.29 is 14.3 Å². The third kappa shape index (κ3) is 3.28. The van der Waals surface area contributed by atoms with E-state index >= 15 is 0 Å². The zero-order valence-electron chi connectivity index (χ0n) is 10.1. The van der Waals surface area contributed by atoms with E-state index in [2.05, 4.69) is 5.43 Å². The van der Waals surface area contributed by atoms with Crippen molar-refractivity contribution in [3.05, 3.63) is 17.7 Å². The lowest BCUT2D eigenvalue weighted by atomic mass is 10.1. The molecule has 0 fully saturated rings. The first-order chi connectivity index (χ1) is 8.15. The lowest BCUT2D eigenvalue weighted by Crippen LogP contribution is -2.31. The van der Waals surface area contributed by atoms with Crippen LogP contribution in [0.15, 0.2) is 17.0 Å². The van der Waals surface area contributed by atoms with Crippen LogP contribution >= 0.6 is 11.8 Å². The standard InChI is InChI=1S/C11H16N2O3S/c1-15-8-6-10(17-3)9(16-2)4-7(8)5-11(14)13-12/h4,6H,5,12H2,1-3H3,(H,13,14). The van der Waals surface area contributed by atoms with Crippen LogP contribution in [0.2, 0.25) is 0 Å². The van der Waals surface area contributed by atoms with Gasteiger partial charge in [0.15, 0.2) is 0 Å². The van der Waals surface area contributed by atoms with Crippen molar-refractivity contribution in [2.45, 2.75) is 11.3 Å². The van der Waals surface area contributed by atoms with Crippen molar-refractivity contribution in [3.8, 4) is 11.5 Å². The summed E-state index contributed by atoms with van der Waals surface area (Å²) in [7, 11) is 3.16. The lowest BCUT2D eigenvalue weighted by molar-refractivity contribution is -0.120. The molecular weight excluding hydrogens is 240 g/mol. The Hall–Kier alpha value is -1.40. The van der Waals surface area contributed by atoms with Crippen LogP contribution in [0, 0.1) is 0 Å². The number of nitrogens with one attached hydrogen (secondary N) is 1. The average molecular weight is 256 g/mol. The van der Waals surface area contributed by atoms with Gasteiger partial charge in [-0.2, -0.15) is 0 Å². The minimum atomic E-state index is -0.276. The van der Waals surface area contributed by atoms with Gasteiger partial charge in [0, 0.05) is 5.56 Å². The predicted octanol–water partition coefficient (Wildman–Crippen LogP) is 0.958. The summed E-state index contributed by atoms with van der Waals surface area (Å²) in [6.45, 7) is 0. The predicted molar refractivity (Wildman–Crippen MR) is 67.4 cm³/mol. The molecule has 0 aliphatic heterocycles. The van der Waals surface area contributed by atoms with Crippen molar-refractivity contribution >= 4 is 17.7 Å². The molecule has 0 atom stereocenters. The second kappa shape index (κ2) is 6.36. The zero-order chi connectivity index (χ0) is 12.8. The number of benzene rings is 1. The highest BCUT2D eigenvalue weighted by Gasteiger charge is 2.13. The molecule has 17 heavy (non-hydrogen) atoms. The summed E-state index contributed by atoms with van der Waals surface area (Å²) in [5.74, 6) is 6.16. The highest BCUT2D eigenvalue weighted by molar-refractivity contribution is 7.98. The Balaban J connectivity index is 3.14. The molecule has 0 aromatic heterocycles. The molecule has 1 aromatic rings. The fourth-order valence-corrected chi connectivity index (χ4v) is 2.02. The van der Waals surface area contributed by atoms with E-state index in [1.54, 1.807) is 32.0 Å². The van der Waals surface area contributed by atoms with Crippen molar-refractivity contribution in [2.24, 2.45) is 5.84 Å². The number of hydrogen-bond donors (Lipinski definition) is 2. The summed E-state index contributed by atoms with van der Waals surface area (Å²) in [6.07, 6.45) is 2.11. The Morgan fingerprint density at radius 2 is 2.00 bits per heavy atom. The lowest BCUT2D eigenvalue weighted by Gasteiger charge is -2.13. The van der Waals surface area contributed by atoms with E-state index in [9.17, 15) is 4.79 Å². The van der Waals surface area contributed by atoms with Crippen molar-refractivity contribution in [3.63, 3.8) is 0 Å². The molecule has 0 aliphatic carbocycles. The highest BCUT2D eigenvalue weighted by atomic mass is 32.2. The largest absolute Gasteiger partial charge is 0.496 e. The van der Waals surface area contributed by atoms with E-state index in [1.807, 2.05) is 12.3 Å². The third-order valence-corrected chi connectivity index (χ3v) is 3.06. The first kappa shape index (κ1) is 13.7. The minimum Gasteiger partial charge on any atom is -0.496 e. The SMILES string of the molecule is COc1cc(SC)c(OC)cc1CC(=O)NN. The zero-order valence-corrected chi connectivity index (χ0v) is 10.9. The van der Waals surface area contributed by atoms with Crippen molar-refractivity contribution in [1.82, 2.24) is 5.43 Å². The number of carbonyl (C=O) groups excluding carboxylic acids is 1. The number of hydrogen-bond acceptors (Lipinski definition) is 5. The summed E-state index contributed by atoms with van der Waals surface area (Å²) >= 11 is 1.55. The van der Waals surface area contributed by atoms with Crippen LogP contribution in [0.1, 0.15) is 5.56 Å². The van der Waals surface area contributed by atoms with E-state index in [1.165, 1.54) is 0 Å². The molecule has 3 N–H and O–H groups in total. The number of thioether (sulfide) groups is 1. The van der Waals surface area contributed by atoms with Gasteiger partial charge in [-0.3, -0.25) is 10.2 Å². The molecule has 1 aromatic carbocycles. The molecule has 0 unspecified atom stereocenters.